The minimum Gasteiger partial charge on any atom is -0.308 e. The van der Waals surface area contributed by atoms with Gasteiger partial charge in [0.15, 0.2) is 0 Å². The maximum absolute atomic E-state index is 6.00. The highest BCUT2D eigenvalue weighted by Gasteiger charge is 2.31. The Morgan fingerprint density at radius 2 is 1.91 bits per heavy atom. The maximum Gasteiger partial charge on any atom is 0.142 e. The summed E-state index contributed by atoms with van der Waals surface area (Å²) in [6.07, 6.45) is 0. The number of nitrogens with zero attached hydrogens (tertiary/aromatic N) is 3. The van der Waals surface area contributed by atoms with Gasteiger partial charge in [-0.2, -0.15) is 0 Å². The summed E-state index contributed by atoms with van der Waals surface area (Å²) in [6.45, 7) is 1.66. The molecule has 0 atom stereocenters. The predicted molar refractivity (Wildman–Crippen MR) is 103 cm³/mol. The van der Waals surface area contributed by atoms with E-state index in [0.29, 0.717) is 0 Å². The molecule has 2 heterocycles. The highest BCUT2D eigenvalue weighted by molar-refractivity contribution is 14.1. The van der Waals surface area contributed by atoms with Crippen molar-refractivity contribution in [3.8, 4) is 0 Å². The molecule has 0 fully saturated rings. The minimum absolute atomic E-state index is 0.731. The van der Waals surface area contributed by atoms with Crippen molar-refractivity contribution in [1.82, 2.24) is 4.90 Å². The lowest BCUT2D eigenvalue weighted by Gasteiger charge is -2.28. The van der Waals surface area contributed by atoms with Gasteiger partial charge in [0.1, 0.15) is 11.7 Å². The molecule has 0 aliphatic carbocycles. The molecule has 0 radical (unpaired) electrons. The molecule has 4 rings (SSSR count). The van der Waals surface area contributed by atoms with E-state index in [2.05, 4.69) is 60.5 Å². The van der Waals surface area contributed by atoms with Gasteiger partial charge in [-0.15, -0.1) is 0 Å². The van der Waals surface area contributed by atoms with Crippen molar-refractivity contribution in [2.45, 2.75) is 0 Å². The van der Waals surface area contributed by atoms with E-state index in [4.69, 9.17) is 16.6 Å². The van der Waals surface area contributed by atoms with E-state index < -0.39 is 0 Å². The Kier molecular flexibility index (Phi) is 3.74. The molecule has 2 aliphatic heterocycles. The van der Waals surface area contributed by atoms with Gasteiger partial charge in [0.25, 0.3) is 0 Å². The molecular weight excluding hydrogens is 476 g/mol. The molecule has 0 amide bonds. The van der Waals surface area contributed by atoms with Crippen LogP contribution in [0.2, 0.25) is 5.02 Å². The summed E-state index contributed by atoms with van der Waals surface area (Å²) < 4.78 is 2.16. The third kappa shape index (κ3) is 2.39. The van der Waals surface area contributed by atoms with Gasteiger partial charge in [0.05, 0.1) is 12.2 Å². The summed E-state index contributed by atoms with van der Waals surface area (Å²) in [4.78, 5) is 11.8. The first kappa shape index (κ1) is 14.7. The quantitative estimate of drug-likeness (QED) is 0.529. The zero-order chi connectivity index (χ0) is 15.3. The number of aliphatic imine (C=N–C) groups is 2. The molecule has 0 saturated carbocycles. The largest absolute Gasteiger partial charge is 0.308 e. The van der Waals surface area contributed by atoms with Gasteiger partial charge in [0.2, 0.25) is 0 Å². The van der Waals surface area contributed by atoms with Crippen molar-refractivity contribution in [3.05, 3.63) is 60.6 Å². The SMILES string of the molecule is Clc1ccc(C2=Nc3c(I)cc(Br)cc3C3=NCCN23)cc1. The summed E-state index contributed by atoms with van der Waals surface area (Å²) in [6, 6.07) is 12.0. The predicted octanol–water partition coefficient (Wildman–Crippen LogP) is 4.86. The molecule has 22 heavy (non-hydrogen) atoms. The molecule has 2 aliphatic rings. The monoisotopic (exact) mass is 485 g/mol. The lowest BCUT2D eigenvalue weighted by atomic mass is 10.1. The van der Waals surface area contributed by atoms with Gasteiger partial charge in [0, 0.05) is 30.7 Å². The smallest absolute Gasteiger partial charge is 0.142 e. The van der Waals surface area contributed by atoms with Crippen LogP contribution in [-0.4, -0.2) is 29.7 Å². The first-order valence-corrected chi connectivity index (χ1v) is 9.04. The molecule has 0 N–H and O–H groups in total. The van der Waals surface area contributed by atoms with E-state index >= 15 is 0 Å². The van der Waals surface area contributed by atoms with E-state index in [1.807, 2.05) is 24.3 Å². The van der Waals surface area contributed by atoms with Crippen molar-refractivity contribution < 1.29 is 0 Å². The molecule has 2 aromatic carbocycles. The molecule has 0 saturated heterocycles. The van der Waals surface area contributed by atoms with Gasteiger partial charge in [-0.3, -0.25) is 4.99 Å². The van der Waals surface area contributed by atoms with E-state index in [0.717, 1.165) is 54.6 Å². The molecule has 110 valence electrons. The van der Waals surface area contributed by atoms with Crippen LogP contribution in [0.25, 0.3) is 0 Å². The normalized spacial score (nSPS) is 16.0. The maximum atomic E-state index is 6.00. The number of hydrogen-bond donors (Lipinski definition) is 0. The van der Waals surface area contributed by atoms with Gasteiger partial charge in [-0.25, -0.2) is 4.99 Å². The Bertz CT molecular complexity index is 830. The summed E-state index contributed by atoms with van der Waals surface area (Å²) in [5.74, 6) is 1.95. The summed E-state index contributed by atoms with van der Waals surface area (Å²) in [5.41, 5.74) is 3.14. The van der Waals surface area contributed by atoms with Crippen molar-refractivity contribution in [2.24, 2.45) is 9.98 Å². The lowest BCUT2D eigenvalue weighted by Crippen LogP contribution is -2.38. The highest BCUT2D eigenvalue weighted by Crippen LogP contribution is 2.36. The van der Waals surface area contributed by atoms with Crippen LogP contribution in [0.1, 0.15) is 11.1 Å². The van der Waals surface area contributed by atoms with Crippen molar-refractivity contribution in [2.75, 3.05) is 13.1 Å². The van der Waals surface area contributed by atoms with Crippen LogP contribution in [0.15, 0.2) is 50.9 Å². The van der Waals surface area contributed by atoms with Crippen LogP contribution in [0, 0.1) is 3.57 Å². The average molecular weight is 487 g/mol. The zero-order valence-electron chi connectivity index (χ0n) is 11.4. The first-order chi connectivity index (χ1) is 10.6. The van der Waals surface area contributed by atoms with E-state index in [9.17, 15) is 0 Å². The van der Waals surface area contributed by atoms with Crippen LogP contribution in [0.5, 0.6) is 0 Å². The van der Waals surface area contributed by atoms with Gasteiger partial charge < -0.3 is 4.90 Å². The van der Waals surface area contributed by atoms with Crippen LogP contribution in [-0.2, 0) is 0 Å². The molecule has 0 spiro atoms. The number of benzene rings is 2. The summed E-state index contributed by atoms with van der Waals surface area (Å²) >= 11 is 11.9. The fraction of sp³-hybridized carbons (Fsp3) is 0.125. The molecule has 3 nitrogen and oxygen atoms in total. The fourth-order valence-corrected chi connectivity index (χ4v) is 4.48. The van der Waals surface area contributed by atoms with Crippen molar-refractivity contribution in [1.29, 1.82) is 0 Å². The van der Waals surface area contributed by atoms with Crippen molar-refractivity contribution in [3.63, 3.8) is 0 Å². The molecular formula is C16H10BrClIN3. The summed E-state index contributed by atoms with van der Waals surface area (Å²) in [5, 5.41) is 0.731. The highest BCUT2D eigenvalue weighted by atomic mass is 127. The number of halogens is 3. The first-order valence-electron chi connectivity index (χ1n) is 6.79. The molecule has 6 heteroatoms. The van der Waals surface area contributed by atoms with Gasteiger partial charge in [-0.1, -0.05) is 27.5 Å². The molecule has 0 aromatic heterocycles. The summed E-state index contributed by atoms with van der Waals surface area (Å²) in [7, 11) is 0. The van der Waals surface area contributed by atoms with E-state index in [1.165, 1.54) is 0 Å². The second kappa shape index (κ2) is 5.62. The number of hydrogen-bond acceptors (Lipinski definition) is 3. The van der Waals surface area contributed by atoms with Crippen LogP contribution < -0.4 is 0 Å². The zero-order valence-corrected chi connectivity index (χ0v) is 15.9. The Balaban J connectivity index is 1.94. The number of fused-ring (bicyclic) bond motifs is 3. The Hall–Kier alpha value is -0.920. The average Bonchev–Trinajstić information content (AvgIpc) is 2.97. The second-order valence-corrected chi connectivity index (χ2v) is 7.60. The van der Waals surface area contributed by atoms with Crippen LogP contribution in [0.4, 0.5) is 5.69 Å². The van der Waals surface area contributed by atoms with Crippen LogP contribution >= 0.6 is 50.1 Å². The van der Waals surface area contributed by atoms with Crippen LogP contribution in [0.3, 0.4) is 0 Å². The standard InChI is InChI=1S/C16H10BrClIN3/c17-10-7-12-14(13(19)8-10)21-15(22-6-5-20-16(12)22)9-1-3-11(18)4-2-9/h1-4,7-8H,5-6H2. The van der Waals surface area contributed by atoms with E-state index in [-0.39, 0.29) is 0 Å². The number of rotatable bonds is 1. The molecule has 0 unspecified atom stereocenters. The molecule has 0 bridgehead atoms. The molecule has 2 aromatic rings. The minimum atomic E-state index is 0.731. The van der Waals surface area contributed by atoms with E-state index in [1.54, 1.807) is 0 Å². The van der Waals surface area contributed by atoms with Gasteiger partial charge >= 0.3 is 0 Å². The fourth-order valence-electron chi connectivity index (χ4n) is 2.72. The Labute approximate surface area is 155 Å². The second-order valence-electron chi connectivity index (χ2n) is 5.08. The third-order valence-corrected chi connectivity index (χ3v) is 5.22. The Morgan fingerprint density at radius 1 is 1.14 bits per heavy atom. The van der Waals surface area contributed by atoms with Crippen molar-refractivity contribution >= 4 is 67.5 Å². The topological polar surface area (TPSA) is 28.0 Å². The number of amidine groups is 2. The van der Waals surface area contributed by atoms with Gasteiger partial charge in [-0.05, 0) is 59.0 Å². The lowest BCUT2D eigenvalue weighted by molar-refractivity contribution is 0.662. The third-order valence-electron chi connectivity index (χ3n) is 3.69. The Morgan fingerprint density at radius 3 is 2.68 bits per heavy atom.